The van der Waals surface area contributed by atoms with Gasteiger partial charge in [0.15, 0.2) is 10.6 Å². The molecule has 19 nitrogen and oxygen atoms in total. The van der Waals surface area contributed by atoms with E-state index in [1.165, 1.54) is 55.5 Å². The van der Waals surface area contributed by atoms with Gasteiger partial charge in [0.2, 0.25) is 11.3 Å². The third kappa shape index (κ3) is 9.64. The van der Waals surface area contributed by atoms with Crippen molar-refractivity contribution in [1.82, 2.24) is 10.2 Å². The first-order valence-electron chi connectivity index (χ1n) is 16.1. The van der Waals surface area contributed by atoms with Crippen LogP contribution in [0.15, 0.2) is 89.5 Å². The smallest absolute Gasteiger partial charge is 0.508 e. The van der Waals surface area contributed by atoms with Gasteiger partial charge < -0.3 is 34.3 Å². The fourth-order valence-electron chi connectivity index (χ4n) is 5.34. The van der Waals surface area contributed by atoms with Crippen LogP contribution in [0.5, 0.6) is 0 Å². The van der Waals surface area contributed by atoms with Crippen molar-refractivity contribution in [1.29, 1.82) is 0 Å². The minimum Gasteiger partial charge on any atom is -0.604 e. The number of ether oxygens (including phenoxy) is 4. The second-order valence-electron chi connectivity index (χ2n) is 11.6. The number of nitro groups is 2. The summed E-state index contributed by atoms with van der Waals surface area (Å²) in [4.78, 5) is 76.7. The minimum atomic E-state index is -2.27. The van der Waals surface area contributed by atoms with Crippen LogP contribution in [0.3, 0.4) is 0 Å². The monoisotopic (exact) mass is 794 g/mol. The first-order valence-corrected chi connectivity index (χ1v) is 18.3. The fourth-order valence-corrected chi connectivity index (χ4v) is 8.24. The maximum absolute atomic E-state index is 13.8. The number of esters is 1. The van der Waals surface area contributed by atoms with Crippen LogP contribution in [0.25, 0.3) is 5.53 Å². The molecule has 0 aromatic heterocycles. The van der Waals surface area contributed by atoms with E-state index < -0.39 is 67.6 Å². The zero-order valence-electron chi connectivity index (χ0n) is 28.6. The number of thioether (sulfide) groups is 1. The molecule has 0 bridgehead atoms. The van der Waals surface area contributed by atoms with Crippen molar-refractivity contribution in [2.45, 2.75) is 38.2 Å². The van der Waals surface area contributed by atoms with E-state index in [0.717, 1.165) is 16.7 Å². The number of carbonyl (C=O) groups excluding carboxylic acids is 4. The molecule has 1 N–H and O–H groups in total. The maximum atomic E-state index is 13.8. The quantitative estimate of drug-likeness (QED) is 0.0258. The number of hydrogen-bond donors (Lipinski definition) is 1. The molecule has 2 aliphatic rings. The van der Waals surface area contributed by atoms with Crippen molar-refractivity contribution in [3.05, 3.63) is 132 Å². The van der Waals surface area contributed by atoms with Gasteiger partial charge in [0.1, 0.15) is 31.8 Å². The van der Waals surface area contributed by atoms with Crippen molar-refractivity contribution in [3.8, 4) is 0 Å². The third-order valence-electron chi connectivity index (χ3n) is 8.07. The van der Waals surface area contributed by atoms with Gasteiger partial charge in [-0.15, -0.1) is 16.6 Å². The van der Waals surface area contributed by atoms with Crippen LogP contribution in [-0.4, -0.2) is 77.0 Å². The number of β-lactam (4-membered cyclic amide) rings is 1. The Kier molecular flexibility index (Phi) is 13.2. The van der Waals surface area contributed by atoms with Crippen LogP contribution in [0.2, 0.25) is 0 Å². The Labute approximate surface area is 318 Å². The lowest BCUT2D eigenvalue weighted by molar-refractivity contribution is -0.385. The molecule has 2 aliphatic heterocycles. The van der Waals surface area contributed by atoms with Gasteiger partial charge in [0.05, 0.1) is 21.0 Å². The first-order chi connectivity index (χ1) is 26.4. The van der Waals surface area contributed by atoms with Gasteiger partial charge in [0.25, 0.3) is 11.4 Å². The summed E-state index contributed by atoms with van der Waals surface area (Å²) < 4.78 is 34.8. The van der Waals surface area contributed by atoms with Gasteiger partial charge in [-0.25, -0.2) is 14.4 Å². The Morgan fingerprint density at radius 1 is 0.891 bits per heavy atom. The van der Waals surface area contributed by atoms with Crippen molar-refractivity contribution < 1.29 is 57.3 Å². The maximum Gasteiger partial charge on any atom is 0.508 e. The van der Waals surface area contributed by atoms with E-state index in [4.69, 9.17) is 18.9 Å². The van der Waals surface area contributed by atoms with Crippen LogP contribution in [0.4, 0.5) is 21.0 Å². The summed E-state index contributed by atoms with van der Waals surface area (Å²) in [6, 6.07) is 19.3. The predicted octanol–water partition coefficient (Wildman–Crippen LogP) is 4.33. The summed E-state index contributed by atoms with van der Waals surface area (Å²) >= 11 is -1.42. The highest BCUT2D eigenvalue weighted by atomic mass is 32.2. The van der Waals surface area contributed by atoms with Crippen molar-refractivity contribution >= 4 is 63.5 Å². The third-order valence-corrected chi connectivity index (χ3v) is 10.9. The topological polar surface area (TPSA) is 266 Å². The largest absolute Gasteiger partial charge is 0.604 e. The molecule has 21 heteroatoms. The average molecular weight is 795 g/mol. The molecular weight excluding hydrogens is 765 g/mol. The second kappa shape index (κ2) is 18.2. The average Bonchev–Trinajstić information content (AvgIpc) is 3.17. The van der Waals surface area contributed by atoms with Gasteiger partial charge in [-0.3, -0.25) is 29.9 Å². The number of hydrogen-bond acceptors (Lipinski definition) is 14. The Morgan fingerprint density at radius 3 is 2.00 bits per heavy atom. The fraction of sp³-hybridized carbons (Fsp3) is 0.265. The highest BCUT2D eigenvalue weighted by Crippen LogP contribution is 2.46. The van der Waals surface area contributed by atoms with E-state index >= 15 is 0 Å². The SMILES string of the molecule is CC(OC(=O)OCc1ccc([N+](=O)[O-])cc1)[C@H]1C(=O)N2C(C(=O)OCc3ccccc3)=C(SCCNC(=O)OCc3ccc([N+](=O)[O-])cc3)C(=[N+]=[N-])[S@+]([O-])[C@@H]12. The number of benzene rings is 3. The van der Waals surface area contributed by atoms with E-state index in [2.05, 4.69) is 10.1 Å². The van der Waals surface area contributed by atoms with Crippen LogP contribution >= 0.6 is 11.8 Å². The standard InChI is InChI=1S/C34H30N6O13S2/c1-20(53-34(44)52-19-23-9-13-25(14-10-23)40(47)48)26-30(41)38-27(32(42)50-17-21-5-3-2-4-6-21)28(29(37-35)55(49)31(26)38)54-16-15-36-33(43)51-18-22-7-11-24(12-8-22)39(45)46/h2-14,20,26,31H,15-19H2,1H3,(H,36,43)/t20?,26-,31-,55-/m0/s1. The Hall–Kier alpha value is -6.28. The number of amides is 2. The number of rotatable bonds is 15. The molecule has 4 atom stereocenters. The number of non-ortho nitro benzene ring substituents is 2. The zero-order chi connectivity index (χ0) is 39.6. The lowest BCUT2D eigenvalue weighted by atomic mass is 9.91. The molecule has 1 saturated heterocycles. The molecule has 55 heavy (non-hydrogen) atoms. The number of fused-ring (bicyclic) bond motifs is 1. The van der Waals surface area contributed by atoms with Crippen molar-refractivity contribution in [3.63, 3.8) is 0 Å². The molecule has 0 saturated carbocycles. The van der Waals surface area contributed by atoms with E-state index in [9.17, 15) is 49.5 Å². The normalized spacial score (nSPS) is 17.9. The molecule has 2 heterocycles. The first kappa shape index (κ1) is 39.9. The number of nitro benzene ring substituents is 2. The molecule has 0 spiro atoms. The van der Waals surface area contributed by atoms with E-state index in [1.54, 1.807) is 30.3 Å². The Bertz CT molecular complexity index is 2040. The predicted molar refractivity (Wildman–Crippen MR) is 192 cm³/mol. The number of nitrogens with one attached hydrogen (secondary N) is 1. The van der Waals surface area contributed by atoms with Gasteiger partial charge in [-0.05, 0) is 47.9 Å². The van der Waals surface area contributed by atoms with E-state index in [1.807, 2.05) is 0 Å². The highest BCUT2D eigenvalue weighted by Gasteiger charge is 2.67. The van der Waals surface area contributed by atoms with E-state index in [-0.39, 0.29) is 54.1 Å². The summed E-state index contributed by atoms with van der Waals surface area (Å²) in [5.74, 6) is -3.01. The molecule has 2 amide bonds. The van der Waals surface area contributed by atoms with Gasteiger partial charge in [-0.1, -0.05) is 30.3 Å². The van der Waals surface area contributed by atoms with Gasteiger partial charge in [-0.2, -0.15) is 0 Å². The molecule has 1 unspecified atom stereocenters. The minimum absolute atomic E-state index is 0.00386. The second-order valence-corrected chi connectivity index (χ2v) is 14.2. The summed E-state index contributed by atoms with van der Waals surface area (Å²) in [6.07, 6.45) is -3.26. The number of nitrogens with zero attached hydrogens (tertiary/aromatic N) is 5. The number of carbonyl (C=O) groups is 4. The van der Waals surface area contributed by atoms with Crippen LogP contribution in [0.1, 0.15) is 23.6 Å². The Balaban J connectivity index is 1.26. The molecule has 5 rings (SSSR count). The van der Waals surface area contributed by atoms with Crippen molar-refractivity contribution in [2.75, 3.05) is 12.3 Å². The van der Waals surface area contributed by atoms with E-state index in [0.29, 0.717) is 16.7 Å². The summed E-state index contributed by atoms with van der Waals surface area (Å²) in [6.45, 7) is 0.594. The zero-order valence-corrected chi connectivity index (χ0v) is 30.3. The lowest BCUT2D eigenvalue weighted by Gasteiger charge is -2.48. The molecule has 0 aliphatic carbocycles. The van der Waals surface area contributed by atoms with Gasteiger partial charge >= 0.3 is 23.3 Å². The molecule has 0 radical (unpaired) electrons. The molecule has 1 fully saturated rings. The van der Waals surface area contributed by atoms with Crippen LogP contribution < -0.4 is 5.32 Å². The summed E-state index contributed by atoms with van der Waals surface area (Å²) in [7, 11) is 0. The lowest BCUT2D eigenvalue weighted by Crippen LogP contribution is -2.70. The van der Waals surface area contributed by atoms with Gasteiger partial charge in [0, 0.05) is 36.6 Å². The molecule has 3 aromatic rings. The van der Waals surface area contributed by atoms with Crippen molar-refractivity contribution in [2.24, 2.45) is 5.92 Å². The molecular formula is C34H30N6O13S2. The summed E-state index contributed by atoms with van der Waals surface area (Å²) in [5, 5.41) is 22.4. The van der Waals surface area contributed by atoms with Crippen LogP contribution in [-0.2, 0) is 59.5 Å². The van der Waals surface area contributed by atoms with Crippen LogP contribution in [0, 0.1) is 26.1 Å². The highest BCUT2D eigenvalue weighted by molar-refractivity contribution is 8.13. The summed E-state index contributed by atoms with van der Waals surface area (Å²) in [5.41, 5.74) is 10.9. The molecule has 286 valence electrons. The molecule has 3 aromatic carbocycles. The Morgan fingerprint density at radius 2 is 1.44 bits per heavy atom. The number of alkyl carbamates (subject to hydrolysis) is 1.